The van der Waals surface area contributed by atoms with Crippen LogP contribution in [0.4, 0.5) is 5.69 Å². The van der Waals surface area contributed by atoms with Crippen LogP contribution in [0.5, 0.6) is 11.6 Å². The number of ether oxygens (including phenoxy) is 2. The zero-order valence-corrected chi connectivity index (χ0v) is 30.8. The molecule has 3 aliphatic rings. The molecule has 268 valence electrons. The van der Waals surface area contributed by atoms with E-state index in [2.05, 4.69) is 33.7 Å². The lowest BCUT2D eigenvalue weighted by Crippen LogP contribution is -2.49. The maximum absolute atomic E-state index is 13.5. The fraction of sp³-hybridized carbons (Fsp3) is 0.487. The van der Waals surface area contributed by atoms with Crippen LogP contribution in [0.15, 0.2) is 66.7 Å². The number of aliphatic hydroxyl groups is 1. The van der Waals surface area contributed by atoms with Crippen molar-refractivity contribution in [2.24, 2.45) is 17.8 Å². The average molecular weight is 722 g/mol. The van der Waals surface area contributed by atoms with Gasteiger partial charge in [-0.05, 0) is 98.4 Å². The molecular formula is C39H48ClN3O6S. The number of fused-ring (bicyclic) bond motifs is 2. The minimum absolute atomic E-state index is 0.00512. The number of rotatable bonds is 6. The second-order valence-corrected chi connectivity index (χ2v) is 16.6. The van der Waals surface area contributed by atoms with Crippen LogP contribution in [0.2, 0.25) is 5.02 Å². The van der Waals surface area contributed by atoms with Crippen molar-refractivity contribution in [3.63, 3.8) is 0 Å². The lowest BCUT2D eigenvalue weighted by Gasteiger charge is -2.48. The minimum atomic E-state index is -4.02. The summed E-state index contributed by atoms with van der Waals surface area (Å²) in [4.78, 5) is 20.4. The molecule has 6 atom stereocenters. The van der Waals surface area contributed by atoms with Crippen LogP contribution in [-0.2, 0) is 22.0 Å². The normalized spacial score (nSPS) is 28.6. The second kappa shape index (κ2) is 14.9. The highest BCUT2D eigenvalue weighted by molar-refractivity contribution is 7.90. The molecule has 1 amide bonds. The van der Waals surface area contributed by atoms with E-state index in [1.807, 2.05) is 31.2 Å². The number of benzene rings is 2. The maximum Gasteiger partial charge on any atom is 0.264 e. The van der Waals surface area contributed by atoms with Crippen LogP contribution >= 0.6 is 11.6 Å². The summed E-state index contributed by atoms with van der Waals surface area (Å²) in [6.07, 6.45) is 8.72. The molecule has 0 radical (unpaired) electrons. The van der Waals surface area contributed by atoms with Gasteiger partial charge in [0.25, 0.3) is 5.91 Å². The topological polar surface area (TPSA) is 118 Å². The number of carbonyl (C=O) groups excluding carboxylic acids is 1. The Labute approximate surface area is 301 Å². The maximum atomic E-state index is 13.5. The van der Waals surface area contributed by atoms with Crippen LogP contribution in [-0.4, -0.2) is 56.5 Å². The van der Waals surface area contributed by atoms with Crippen molar-refractivity contribution in [3.05, 3.63) is 94.2 Å². The van der Waals surface area contributed by atoms with E-state index in [0.29, 0.717) is 48.5 Å². The number of sulfonamides is 1. The largest absolute Gasteiger partial charge is 0.491 e. The van der Waals surface area contributed by atoms with Crippen molar-refractivity contribution >= 4 is 33.2 Å². The van der Waals surface area contributed by atoms with Crippen molar-refractivity contribution in [3.8, 4) is 11.6 Å². The molecule has 6 rings (SSSR count). The van der Waals surface area contributed by atoms with Crippen molar-refractivity contribution in [2.75, 3.05) is 31.7 Å². The Morgan fingerprint density at radius 2 is 1.94 bits per heavy atom. The average Bonchev–Trinajstić information content (AvgIpc) is 3.27. The lowest BCUT2D eigenvalue weighted by atomic mass is 9.63. The summed E-state index contributed by atoms with van der Waals surface area (Å²) in [5.74, 6) is -0.0741. The predicted octanol–water partition coefficient (Wildman–Crippen LogP) is 7.03. The SMILES string of the molecule is CCCCc1cc(Cl)ccc1[C@@H]1COc2ccc3cc2N(C1)C[C@@H]1CC[C@H]1[C@](O)(c1cccc(OC)n1)/C=C/C[C@H](C)[C@@H](C)S(=O)(=O)NC3=O. The number of amides is 1. The first-order valence-electron chi connectivity index (χ1n) is 17.7. The predicted molar refractivity (Wildman–Crippen MR) is 197 cm³/mol. The summed E-state index contributed by atoms with van der Waals surface area (Å²) in [5.41, 5.74) is 2.42. The Morgan fingerprint density at radius 1 is 1.12 bits per heavy atom. The Balaban J connectivity index is 1.45. The molecule has 3 aromatic rings. The standard InChI is InChI=1S/C39H48ClN3O6S/c1-5-6-10-27-20-31(40)15-16-32(27)30-23-43-22-29-13-17-33(29)39(45,36-11-7-12-37(41-36)48-4)19-8-9-25(2)26(3)50(46,47)42-38(44)28-14-18-35(49-24-30)34(43)21-28/h7-8,11-12,14-16,18-21,25-26,29-30,33,45H,5-6,9-10,13,17,22-24H2,1-4H3,(H,42,44)/b19-8+/t25-,26+,29-,30-,33+,39-/m0/s1. The molecular weight excluding hydrogens is 674 g/mol. The van der Waals surface area contributed by atoms with Crippen LogP contribution in [0.1, 0.15) is 86.0 Å². The Hall–Kier alpha value is -3.60. The molecule has 0 spiro atoms. The minimum Gasteiger partial charge on any atom is -0.491 e. The molecule has 3 heterocycles. The van der Waals surface area contributed by atoms with E-state index >= 15 is 0 Å². The molecule has 0 unspecified atom stereocenters. The van der Waals surface area contributed by atoms with Crippen LogP contribution in [0, 0.1) is 17.8 Å². The van der Waals surface area contributed by atoms with Gasteiger partial charge >= 0.3 is 0 Å². The van der Waals surface area contributed by atoms with Gasteiger partial charge in [0.15, 0.2) is 0 Å². The van der Waals surface area contributed by atoms with Gasteiger partial charge in [0.2, 0.25) is 15.9 Å². The van der Waals surface area contributed by atoms with E-state index < -0.39 is 26.8 Å². The number of halogens is 1. The summed E-state index contributed by atoms with van der Waals surface area (Å²) in [7, 11) is -2.46. The number of anilines is 1. The van der Waals surface area contributed by atoms with Gasteiger partial charge < -0.3 is 19.5 Å². The number of nitrogens with one attached hydrogen (secondary N) is 1. The third-order valence-corrected chi connectivity index (χ3v) is 13.1. The molecule has 50 heavy (non-hydrogen) atoms. The van der Waals surface area contributed by atoms with Crippen LogP contribution in [0.25, 0.3) is 0 Å². The van der Waals surface area contributed by atoms with Crippen molar-refractivity contribution in [2.45, 2.75) is 76.1 Å². The Kier molecular flexibility index (Phi) is 10.8. The quantitative estimate of drug-likeness (QED) is 0.261. The molecule has 1 aliphatic carbocycles. The number of hydrogen-bond acceptors (Lipinski definition) is 8. The number of hydrogen-bond donors (Lipinski definition) is 2. The van der Waals surface area contributed by atoms with Crippen LogP contribution < -0.4 is 19.1 Å². The number of aryl methyl sites for hydroxylation is 1. The summed E-state index contributed by atoms with van der Waals surface area (Å²) >= 11 is 6.48. The van der Waals surface area contributed by atoms with E-state index in [4.69, 9.17) is 21.1 Å². The van der Waals surface area contributed by atoms with E-state index in [1.165, 1.54) is 11.1 Å². The van der Waals surface area contributed by atoms with E-state index in [0.717, 1.165) is 37.8 Å². The number of aromatic nitrogens is 1. The molecule has 1 saturated carbocycles. The number of allylic oxidation sites excluding steroid dienone is 1. The number of pyridine rings is 1. The first-order valence-corrected chi connectivity index (χ1v) is 19.6. The highest BCUT2D eigenvalue weighted by Crippen LogP contribution is 2.49. The summed E-state index contributed by atoms with van der Waals surface area (Å²) in [5, 5.41) is 12.4. The molecule has 1 aromatic heterocycles. The molecule has 9 nitrogen and oxygen atoms in total. The molecule has 2 aromatic carbocycles. The Morgan fingerprint density at radius 3 is 2.68 bits per heavy atom. The van der Waals surface area contributed by atoms with Gasteiger partial charge in [0.1, 0.15) is 11.4 Å². The fourth-order valence-electron chi connectivity index (χ4n) is 7.59. The molecule has 11 heteroatoms. The molecule has 2 bridgehead atoms. The lowest BCUT2D eigenvalue weighted by molar-refractivity contribution is -0.0530. The van der Waals surface area contributed by atoms with Gasteiger partial charge in [0.05, 0.1) is 30.3 Å². The summed E-state index contributed by atoms with van der Waals surface area (Å²) in [6, 6.07) is 16.6. The summed E-state index contributed by atoms with van der Waals surface area (Å²) in [6.45, 7) is 7.22. The second-order valence-electron chi connectivity index (χ2n) is 14.2. The third kappa shape index (κ3) is 7.39. The molecule has 0 saturated heterocycles. The monoisotopic (exact) mass is 721 g/mol. The number of methoxy groups -OCH3 is 1. The van der Waals surface area contributed by atoms with Crippen molar-refractivity contribution in [1.29, 1.82) is 0 Å². The summed E-state index contributed by atoms with van der Waals surface area (Å²) < 4.78 is 41.1. The Bertz CT molecular complexity index is 1850. The fourth-order valence-corrected chi connectivity index (χ4v) is 9.07. The number of nitrogens with zero attached hydrogens (tertiary/aromatic N) is 2. The third-order valence-electron chi connectivity index (χ3n) is 11.0. The number of carbonyl (C=O) groups is 1. The molecule has 2 N–H and O–H groups in total. The highest BCUT2D eigenvalue weighted by atomic mass is 35.5. The first-order chi connectivity index (χ1) is 23.9. The van der Waals surface area contributed by atoms with E-state index in [-0.39, 0.29) is 29.2 Å². The highest BCUT2D eigenvalue weighted by Gasteiger charge is 2.48. The smallest absolute Gasteiger partial charge is 0.264 e. The van der Waals surface area contributed by atoms with Gasteiger partial charge in [-0.25, -0.2) is 18.1 Å². The van der Waals surface area contributed by atoms with Gasteiger partial charge in [-0.3, -0.25) is 4.79 Å². The zero-order chi connectivity index (χ0) is 35.6. The van der Waals surface area contributed by atoms with Gasteiger partial charge in [-0.15, -0.1) is 0 Å². The van der Waals surface area contributed by atoms with Gasteiger partial charge in [-0.2, -0.15) is 0 Å². The van der Waals surface area contributed by atoms with Crippen molar-refractivity contribution in [1.82, 2.24) is 9.71 Å². The van der Waals surface area contributed by atoms with Gasteiger partial charge in [0, 0.05) is 41.6 Å². The van der Waals surface area contributed by atoms with E-state index in [9.17, 15) is 18.3 Å². The zero-order valence-electron chi connectivity index (χ0n) is 29.3. The van der Waals surface area contributed by atoms with Gasteiger partial charge in [-0.1, -0.05) is 56.2 Å². The molecule has 2 aliphatic heterocycles. The van der Waals surface area contributed by atoms with Crippen molar-refractivity contribution < 1.29 is 27.8 Å². The first kappa shape index (κ1) is 36.2. The van der Waals surface area contributed by atoms with Crippen LogP contribution in [0.3, 0.4) is 0 Å². The van der Waals surface area contributed by atoms with E-state index in [1.54, 1.807) is 44.4 Å². The molecule has 1 fully saturated rings. The number of unbranched alkanes of at least 4 members (excludes halogenated alkanes) is 1.